The molecular weight excluding hydrogens is 456 g/mol. The molecule has 0 bridgehead atoms. The number of fused-ring (bicyclic) bond motifs is 1. The lowest BCUT2D eigenvalue weighted by Crippen LogP contribution is -2.42. The summed E-state index contributed by atoms with van der Waals surface area (Å²) in [5.74, 6) is 0.453. The average molecular weight is 489 g/mol. The number of amides is 3. The predicted molar refractivity (Wildman–Crippen MR) is 133 cm³/mol. The molecule has 0 fully saturated rings. The fourth-order valence-corrected chi connectivity index (χ4v) is 4.77. The van der Waals surface area contributed by atoms with Gasteiger partial charge in [-0.15, -0.1) is 0 Å². The summed E-state index contributed by atoms with van der Waals surface area (Å²) >= 11 is 1.15. The number of methoxy groups -OCH3 is 2. The molecular formula is C24H32N4O5S. The number of urea groups is 1. The van der Waals surface area contributed by atoms with E-state index in [4.69, 9.17) is 14.5 Å². The molecule has 1 unspecified atom stereocenters. The minimum absolute atomic E-state index is 0.207. The summed E-state index contributed by atoms with van der Waals surface area (Å²) in [5.41, 5.74) is 1.58. The van der Waals surface area contributed by atoms with Crippen LogP contribution < -0.4 is 25.7 Å². The molecule has 1 heterocycles. The maximum absolute atomic E-state index is 13.5. The second kappa shape index (κ2) is 11.9. The molecule has 1 aromatic carbocycles. The standard InChI is InChI=1S/C24H32N4O5S/c1-5-25-23(31)27-21(29)15(2)34-24-26-18-14-20(33-4)19(32-3)13-17(18)22(30)28(24)12-11-16-9-7-6-8-10-16/h9,13-15H,5-8,10-12H2,1-4H3,(H2,25,27,29,31). The van der Waals surface area contributed by atoms with Gasteiger partial charge in [0.2, 0.25) is 5.91 Å². The van der Waals surface area contributed by atoms with Gasteiger partial charge in [-0.2, -0.15) is 0 Å². The summed E-state index contributed by atoms with van der Waals surface area (Å²) in [7, 11) is 3.04. The van der Waals surface area contributed by atoms with Gasteiger partial charge in [0.25, 0.3) is 5.56 Å². The first kappa shape index (κ1) is 25.6. The molecule has 0 saturated carbocycles. The van der Waals surface area contributed by atoms with Crippen molar-refractivity contribution in [3.05, 3.63) is 34.1 Å². The van der Waals surface area contributed by atoms with Gasteiger partial charge in [0.1, 0.15) is 0 Å². The number of ether oxygens (including phenoxy) is 2. The lowest BCUT2D eigenvalue weighted by Gasteiger charge is -2.18. The van der Waals surface area contributed by atoms with Crippen LogP contribution in [-0.4, -0.2) is 47.5 Å². The fraction of sp³-hybridized carbons (Fsp3) is 0.500. The molecule has 1 aliphatic carbocycles. The van der Waals surface area contributed by atoms with E-state index in [1.807, 2.05) is 0 Å². The van der Waals surface area contributed by atoms with Gasteiger partial charge in [-0.3, -0.25) is 19.5 Å². The van der Waals surface area contributed by atoms with Crippen LogP contribution in [0.4, 0.5) is 4.79 Å². The van der Waals surface area contributed by atoms with Crippen molar-refractivity contribution in [3.63, 3.8) is 0 Å². The minimum atomic E-state index is -0.646. The highest BCUT2D eigenvalue weighted by Crippen LogP contribution is 2.32. The van der Waals surface area contributed by atoms with Crippen molar-refractivity contribution in [2.75, 3.05) is 20.8 Å². The zero-order valence-corrected chi connectivity index (χ0v) is 20.9. The first-order chi connectivity index (χ1) is 16.4. The van der Waals surface area contributed by atoms with Gasteiger partial charge >= 0.3 is 6.03 Å². The fourth-order valence-electron chi connectivity index (χ4n) is 3.83. The van der Waals surface area contributed by atoms with E-state index in [-0.39, 0.29) is 5.56 Å². The largest absolute Gasteiger partial charge is 0.493 e. The molecule has 2 aromatic rings. The van der Waals surface area contributed by atoms with E-state index in [9.17, 15) is 14.4 Å². The van der Waals surface area contributed by atoms with Crippen LogP contribution in [0.15, 0.2) is 33.7 Å². The Balaban J connectivity index is 1.98. The van der Waals surface area contributed by atoms with Crippen LogP contribution in [0.3, 0.4) is 0 Å². The van der Waals surface area contributed by atoms with E-state index in [1.54, 1.807) is 30.5 Å². The van der Waals surface area contributed by atoms with Crippen LogP contribution in [0.1, 0.15) is 46.0 Å². The lowest BCUT2D eigenvalue weighted by molar-refractivity contribution is -0.119. The molecule has 1 aliphatic rings. The van der Waals surface area contributed by atoms with Gasteiger partial charge in [-0.25, -0.2) is 9.78 Å². The zero-order valence-electron chi connectivity index (χ0n) is 20.1. The average Bonchev–Trinajstić information content (AvgIpc) is 2.83. The molecule has 9 nitrogen and oxygen atoms in total. The van der Waals surface area contributed by atoms with E-state index in [1.165, 1.54) is 26.2 Å². The van der Waals surface area contributed by atoms with Crippen molar-refractivity contribution in [1.29, 1.82) is 0 Å². The number of hydrogen-bond acceptors (Lipinski definition) is 7. The van der Waals surface area contributed by atoms with E-state index in [0.717, 1.165) is 37.4 Å². The minimum Gasteiger partial charge on any atom is -0.493 e. The molecule has 1 atom stereocenters. The Kier molecular flexibility index (Phi) is 8.98. The maximum atomic E-state index is 13.5. The summed E-state index contributed by atoms with van der Waals surface area (Å²) in [5, 5.41) is 5.04. The first-order valence-corrected chi connectivity index (χ1v) is 12.4. The van der Waals surface area contributed by atoms with E-state index >= 15 is 0 Å². The number of hydrogen-bond donors (Lipinski definition) is 2. The molecule has 184 valence electrons. The Hall–Kier alpha value is -3.01. The molecule has 0 spiro atoms. The number of rotatable bonds is 9. The van der Waals surface area contributed by atoms with Crippen molar-refractivity contribution in [2.45, 2.75) is 62.9 Å². The van der Waals surface area contributed by atoms with Gasteiger partial charge in [0, 0.05) is 19.2 Å². The number of benzene rings is 1. The Morgan fingerprint density at radius 3 is 2.59 bits per heavy atom. The van der Waals surface area contributed by atoms with Crippen LogP contribution in [0.25, 0.3) is 10.9 Å². The lowest BCUT2D eigenvalue weighted by atomic mass is 9.97. The Bertz CT molecular complexity index is 1140. The van der Waals surface area contributed by atoms with Crippen LogP contribution in [0.5, 0.6) is 11.5 Å². The van der Waals surface area contributed by atoms with Crippen molar-refractivity contribution in [1.82, 2.24) is 20.2 Å². The summed E-state index contributed by atoms with van der Waals surface area (Å²) in [6.45, 7) is 4.31. The molecule has 34 heavy (non-hydrogen) atoms. The summed E-state index contributed by atoms with van der Waals surface area (Å²) in [4.78, 5) is 42.5. The third kappa shape index (κ3) is 6.11. The van der Waals surface area contributed by atoms with Crippen LogP contribution in [0, 0.1) is 0 Å². The Morgan fingerprint density at radius 1 is 1.21 bits per heavy atom. The normalized spacial score (nSPS) is 14.3. The molecule has 3 rings (SSSR count). The van der Waals surface area contributed by atoms with Crippen molar-refractivity contribution in [3.8, 4) is 11.5 Å². The number of allylic oxidation sites excluding steroid dienone is 2. The number of nitrogens with zero attached hydrogens (tertiary/aromatic N) is 2. The number of nitrogens with one attached hydrogen (secondary N) is 2. The van der Waals surface area contributed by atoms with E-state index < -0.39 is 17.2 Å². The number of carbonyl (C=O) groups excluding carboxylic acids is 2. The van der Waals surface area contributed by atoms with Gasteiger partial charge < -0.3 is 14.8 Å². The number of aromatic nitrogens is 2. The molecule has 1 aromatic heterocycles. The predicted octanol–water partition coefficient (Wildman–Crippen LogP) is 3.63. The number of imide groups is 1. The molecule has 0 aliphatic heterocycles. The molecule has 2 N–H and O–H groups in total. The zero-order chi connectivity index (χ0) is 24.7. The van der Waals surface area contributed by atoms with Gasteiger partial charge in [-0.05, 0) is 52.0 Å². The van der Waals surface area contributed by atoms with E-state index in [2.05, 4.69) is 16.7 Å². The van der Waals surface area contributed by atoms with Crippen LogP contribution in [-0.2, 0) is 11.3 Å². The third-order valence-electron chi connectivity index (χ3n) is 5.69. The maximum Gasteiger partial charge on any atom is 0.321 e. The summed E-state index contributed by atoms with van der Waals surface area (Å²) in [6, 6.07) is 2.75. The van der Waals surface area contributed by atoms with Gasteiger partial charge in [0.05, 0.1) is 30.4 Å². The van der Waals surface area contributed by atoms with Crippen LogP contribution in [0.2, 0.25) is 0 Å². The van der Waals surface area contributed by atoms with Crippen molar-refractivity contribution < 1.29 is 19.1 Å². The van der Waals surface area contributed by atoms with Crippen LogP contribution >= 0.6 is 11.8 Å². The SMILES string of the molecule is CCNC(=O)NC(=O)C(C)Sc1nc2cc(OC)c(OC)cc2c(=O)n1CCC1=CCCCC1. The highest BCUT2D eigenvalue weighted by Gasteiger charge is 2.22. The van der Waals surface area contributed by atoms with E-state index in [0.29, 0.717) is 40.6 Å². The summed E-state index contributed by atoms with van der Waals surface area (Å²) < 4.78 is 12.4. The highest BCUT2D eigenvalue weighted by molar-refractivity contribution is 8.00. The topological polar surface area (TPSA) is 112 Å². The van der Waals surface area contributed by atoms with Gasteiger partial charge in [-0.1, -0.05) is 23.4 Å². The summed E-state index contributed by atoms with van der Waals surface area (Å²) in [6.07, 6.45) is 7.46. The molecule has 10 heteroatoms. The second-order valence-electron chi connectivity index (χ2n) is 8.04. The monoisotopic (exact) mass is 488 g/mol. The van der Waals surface area contributed by atoms with Gasteiger partial charge in [0.15, 0.2) is 16.7 Å². The Labute approximate surface area is 203 Å². The third-order valence-corrected chi connectivity index (χ3v) is 6.78. The second-order valence-corrected chi connectivity index (χ2v) is 9.35. The Morgan fingerprint density at radius 2 is 1.94 bits per heavy atom. The molecule has 0 radical (unpaired) electrons. The highest BCUT2D eigenvalue weighted by atomic mass is 32.2. The quantitative estimate of drug-likeness (QED) is 0.315. The van der Waals surface area contributed by atoms with Crippen molar-refractivity contribution >= 4 is 34.6 Å². The molecule has 0 saturated heterocycles. The number of thioether (sulfide) groups is 1. The smallest absolute Gasteiger partial charge is 0.321 e. The first-order valence-electron chi connectivity index (χ1n) is 11.5. The number of carbonyl (C=O) groups is 2. The van der Waals surface area contributed by atoms with Crippen molar-refractivity contribution in [2.24, 2.45) is 0 Å². The molecule has 3 amide bonds.